The van der Waals surface area contributed by atoms with Gasteiger partial charge in [-0.05, 0) is 26.7 Å². The maximum absolute atomic E-state index is 11.3. The number of primary amides is 1. The van der Waals surface area contributed by atoms with Gasteiger partial charge in [0.05, 0.1) is 13.2 Å². The van der Waals surface area contributed by atoms with Crippen LogP contribution in [-0.4, -0.2) is 43.9 Å². The van der Waals surface area contributed by atoms with Gasteiger partial charge in [0.2, 0.25) is 0 Å². The Balaban J connectivity index is 0. The second kappa shape index (κ2) is 12.3. The van der Waals surface area contributed by atoms with Crippen molar-refractivity contribution in [2.24, 2.45) is 11.7 Å². The van der Waals surface area contributed by atoms with E-state index in [0.29, 0.717) is 26.3 Å². The van der Waals surface area contributed by atoms with Gasteiger partial charge in [-0.15, -0.1) is 0 Å². The first-order valence-corrected chi connectivity index (χ1v) is 7.21. The molecular formula is C14H32N4O3. The number of ether oxygens (including phenoxy) is 1. The second-order valence-electron chi connectivity index (χ2n) is 6.27. The molecule has 0 radical (unpaired) electrons. The highest BCUT2D eigenvalue weighted by Gasteiger charge is 2.12. The first kappa shape index (κ1) is 21.8. The Morgan fingerprint density at radius 1 is 1.05 bits per heavy atom. The Labute approximate surface area is 128 Å². The van der Waals surface area contributed by atoms with Gasteiger partial charge in [0.25, 0.3) is 0 Å². The summed E-state index contributed by atoms with van der Waals surface area (Å²) in [6.45, 7) is 13.7. The minimum Gasteiger partial charge on any atom is -0.378 e. The van der Waals surface area contributed by atoms with Crippen LogP contribution >= 0.6 is 0 Å². The van der Waals surface area contributed by atoms with E-state index in [9.17, 15) is 9.59 Å². The van der Waals surface area contributed by atoms with Gasteiger partial charge in [-0.2, -0.15) is 0 Å². The van der Waals surface area contributed by atoms with Gasteiger partial charge in [-0.1, -0.05) is 20.8 Å². The summed E-state index contributed by atoms with van der Waals surface area (Å²) in [5.41, 5.74) is 4.61. The van der Waals surface area contributed by atoms with Crippen molar-refractivity contribution in [1.82, 2.24) is 16.0 Å². The number of carbonyl (C=O) groups excluding carboxylic acids is 2. The fourth-order valence-electron chi connectivity index (χ4n) is 0.970. The standard InChI is InChI=1S/C10H22N4O3.C4H10/c1-10(2,3)14-9(16)13-5-7-17-6-4-12-8(11)15;1-4(2)3/h4-7H2,1-3H3,(H3,11,12,15)(H2,13,14,16);4H,1-3H3. The molecule has 0 heterocycles. The molecule has 0 bridgehead atoms. The molecule has 0 rings (SSSR count). The number of urea groups is 2. The summed E-state index contributed by atoms with van der Waals surface area (Å²) in [7, 11) is 0. The molecule has 0 atom stereocenters. The molecule has 7 nitrogen and oxygen atoms in total. The molecule has 0 aromatic carbocycles. The summed E-state index contributed by atoms with van der Waals surface area (Å²) in [5.74, 6) is 0.833. The second-order valence-corrected chi connectivity index (χ2v) is 6.27. The molecule has 0 unspecified atom stereocenters. The van der Waals surface area contributed by atoms with Gasteiger partial charge >= 0.3 is 12.1 Å². The van der Waals surface area contributed by atoms with Crippen LogP contribution in [0.5, 0.6) is 0 Å². The fourth-order valence-corrected chi connectivity index (χ4v) is 0.970. The van der Waals surface area contributed by atoms with Crippen molar-refractivity contribution in [3.8, 4) is 0 Å². The molecule has 0 saturated carbocycles. The smallest absolute Gasteiger partial charge is 0.315 e. The number of hydrogen-bond donors (Lipinski definition) is 4. The van der Waals surface area contributed by atoms with E-state index in [4.69, 9.17) is 10.5 Å². The first-order chi connectivity index (χ1) is 9.54. The van der Waals surface area contributed by atoms with Gasteiger partial charge in [0.1, 0.15) is 0 Å². The lowest BCUT2D eigenvalue weighted by atomic mass is 10.1. The predicted octanol–water partition coefficient (Wildman–Crippen LogP) is 1.43. The van der Waals surface area contributed by atoms with Crippen molar-refractivity contribution in [3.63, 3.8) is 0 Å². The number of nitrogens with two attached hydrogens (primary N) is 1. The van der Waals surface area contributed by atoms with Gasteiger partial charge in [0.15, 0.2) is 0 Å². The van der Waals surface area contributed by atoms with E-state index in [0.717, 1.165) is 5.92 Å². The summed E-state index contributed by atoms with van der Waals surface area (Å²) in [4.78, 5) is 21.6. The van der Waals surface area contributed by atoms with E-state index < -0.39 is 6.03 Å². The molecule has 0 aliphatic rings. The Morgan fingerprint density at radius 2 is 1.48 bits per heavy atom. The van der Waals surface area contributed by atoms with Crippen LogP contribution in [0.25, 0.3) is 0 Å². The van der Waals surface area contributed by atoms with Crippen molar-refractivity contribution in [2.75, 3.05) is 26.3 Å². The molecule has 7 heteroatoms. The lowest BCUT2D eigenvalue weighted by Gasteiger charge is -2.20. The number of rotatable bonds is 6. The SMILES string of the molecule is CC(C)(C)NC(=O)NCCOCCNC(N)=O.CC(C)C. The topological polar surface area (TPSA) is 105 Å². The number of hydrogen-bond acceptors (Lipinski definition) is 3. The Morgan fingerprint density at radius 3 is 1.86 bits per heavy atom. The zero-order valence-corrected chi connectivity index (χ0v) is 14.2. The van der Waals surface area contributed by atoms with E-state index in [1.54, 1.807) is 0 Å². The molecule has 21 heavy (non-hydrogen) atoms. The van der Waals surface area contributed by atoms with E-state index in [1.165, 1.54) is 0 Å². The Bertz CT molecular complexity index is 286. The zero-order valence-electron chi connectivity index (χ0n) is 14.2. The van der Waals surface area contributed by atoms with Crippen molar-refractivity contribution in [2.45, 2.75) is 47.1 Å². The highest BCUT2D eigenvalue weighted by atomic mass is 16.5. The van der Waals surface area contributed by atoms with Gasteiger partial charge in [-0.3, -0.25) is 0 Å². The fraction of sp³-hybridized carbons (Fsp3) is 0.857. The molecule has 0 fully saturated rings. The molecular weight excluding hydrogens is 272 g/mol. The highest BCUT2D eigenvalue weighted by Crippen LogP contribution is 1.96. The predicted molar refractivity (Wildman–Crippen MR) is 85.2 cm³/mol. The normalized spacial score (nSPS) is 10.4. The number of carbonyl (C=O) groups is 2. The molecule has 0 aromatic heterocycles. The van der Waals surface area contributed by atoms with Crippen LogP contribution in [0.15, 0.2) is 0 Å². The quantitative estimate of drug-likeness (QED) is 0.558. The third kappa shape index (κ3) is 27.6. The van der Waals surface area contributed by atoms with Crippen molar-refractivity contribution in [3.05, 3.63) is 0 Å². The molecule has 0 spiro atoms. The number of nitrogens with one attached hydrogen (secondary N) is 3. The molecule has 4 amide bonds. The summed E-state index contributed by atoms with van der Waals surface area (Å²) >= 11 is 0. The summed E-state index contributed by atoms with van der Waals surface area (Å²) < 4.78 is 5.15. The van der Waals surface area contributed by atoms with Crippen LogP contribution in [0.4, 0.5) is 9.59 Å². The molecule has 5 N–H and O–H groups in total. The van der Waals surface area contributed by atoms with Crippen molar-refractivity contribution in [1.29, 1.82) is 0 Å². The maximum atomic E-state index is 11.3. The Kier molecular flexibility index (Phi) is 12.7. The molecule has 0 aliphatic carbocycles. The number of amides is 4. The van der Waals surface area contributed by atoms with E-state index >= 15 is 0 Å². The molecule has 126 valence electrons. The largest absolute Gasteiger partial charge is 0.378 e. The first-order valence-electron chi connectivity index (χ1n) is 7.21. The third-order valence-electron chi connectivity index (χ3n) is 1.57. The van der Waals surface area contributed by atoms with Gasteiger partial charge in [0, 0.05) is 18.6 Å². The van der Waals surface area contributed by atoms with Crippen LogP contribution < -0.4 is 21.7 Å². The maximum Gasteiger partial charge on any atom is 0.315 e. The molecule has 0 aliphatic heterocycles. The van der Waals surface area contributed by atoms with Crippen LogP contribution in [-0.2, 0) is 4.74 Å². The summed E-state index contributed by atoms with van der Waals surface area (Å²) in [6, 6.07) is -0.798. The lowest BCUT2D eigenvalue weighted by molar-refractivity contribution is 0.138. The average molecular weight is 304 g/mol. The monoisotopic (exact) mass is 304 g/mol. The van der Waals surface area contributed by atoms with E-state index in [2.05, 4.69) is 36.7 Å². The van der Waals surface area contributed by atoms with Crippen LogP contribution in [0.2, 0.25) is 0 Å². The van der Waals surface area contributed by atoms with Crippen LogP contribution in [0.1, 0.15) is 41.5 Å². The van der Waals surface area contributed by atoms with Crippen molar-refractivity contribution >= 4 is 12.1 Å². The van der Waals surface area contributed by atoms with Gasteiger partial charge in [-0.25, -0.2) is 9.59 Å². The zero-order chi connectivity index (χ0) is 16.9. The summed E-state index contributed by atoms with van der Waals surface area (Å²) in [6.07, 6.45) is 0. The molecule has 0 aromatic rings. The van der Waals surface area contributed by atoms with Crippen LogP contribution in [0, 0.1) is 5.92 Å². The minimum atomic E-state index is -0.573. The average Bonchev–Trinajstić information content (AvgIpc) is 2.24. The molecule has 0 saturated heterocycles. The van der Waals surface area contributed by atoms with Crippen molar-refractivity contribution < 1.29 is 14.3 Å². The summed E-state index contributed by atoms with van der Waals surface area (Å²) in [5, 5.41) is 7.80. The highest BCUT2D eigenvalue weighted by molar-refractivity contribution is 5.74. The van der Waals surface area contributed by atoms with E-state index in [1.807, 2.05) is 20.8 Å². The third-order valence-corrected chi connectivity index (χ3v) is 1.57. The van der Waals surface area contributed by atoms with Gasteiger partial charge < -0.3 is 26.4 Å². The Hall–Kier alpha value is -1.50. The van der Waals surface area contributed by atoms with Crippen LogP contribution in [0.3, 0.4) is 0 Å². The van der Waals surface area contributed by atoms with E-state index in [-0.39, 0.29) is 11.6 Å². The minimum absolute atomic E-state index is 0.226. The lowest BCUT2D eigenvalue weighted by Crippen LogP contribution is -2.47.